The monoisotopic (exact) mass is 701 g/mol. The van der Waals surface area contributed by atoms with Crippen LogP contribution in [0, 0.1) is 0 Å². The molecule has 1 atom stereocenters. The first-order valence-electron chi connectivity index (χ1n) is 20.6. The number of hydrogen-bond acceptors (Lipinski definition) is 6. The van der Waals surface area contributed by atoms with Crippen molar-refractivity contribution in [1.82, 2.24) is 0 Å². The number of carbonyl (C=O) groups is 3. The first-order valence-corrected chi connectivity index (χ1v) is 20.6. The van der Waals surface area contributed by atoms with Gasteiger partial charge in [0.1, 0.15) is 13.2 Å². The first-order chi connectivity index (χ1) is 24.5. The van der Waals surface area contributed by atoms with Gasteiger partial charge in [0.2, 0.25) is 0 Å². The standard InChI is InChI=1S/C44H76O6/c1-4-7-10-13-16-19-20-21-22-23-26-28-31-34-37-43(46)49-40-41(50-44(47)38-35-32-29-25-18-15-12-9-6-3)39-48-42(45)36-33-30-27-24-17-14-11-8-5-2/h8-9,11-12,17-18,24-25,41H,4-7,10,13-16,19-23,26-40H2,1-3H3/b11-8-,12-9-,24-17-,25-18-. The fraction of sp³-hybridized carbons (Fsp3) is 0.750. The molecular weight excluding hydrogens is 624 g/mol. The normalized spacial score (nSPS) is 12.5. The molecule has 0 aliphatic carbocycles. The van der Waals surface area contributed by atoms with Gasteiger partial charge in [-0.1, -0.05) is 153 Å². The van der Waals surface area contributed by atoms with Gasteiger partial charge in [-0.2, -0.15) is 0 Å². The number of allylic oxidation sites excluding steroid dienone is 8. The second-order valence-electron chi connectivity index (χ2n) is 13.5. The van der Waals surface area contributed by atoms with Crippen LogP contribution in [0.2, 0.25) is 0 Å². The summed E-state index contributed by atoms with van der Waals surface area (Å²) in [5.74, 6) is -0.977. The molecule has 0 aromatic rings. The van der Waals surface area contributed by atoms with Gasteiger partial charge < -0.3 is 14.2 Å². The maximum Gasteiger partial charge on any atom is 0.306 e. The molecule has 288 valence electrons. The van der Waals surface area contributed by atoms with Crippen LogP contribution in [0.25, 0.3) is 0 Å². The first kappa shape index (κ1) is 47.4. The van der Waals surface area contributed by atoms with Crippen LogP contribution in [-0.4, -0.2) is 37.2 Å². The van der Waals surface area contributed by atoms with E-state index in [4.69, 9.17) is 14.2 Å². The van der Waals surface area contributed by atoms with E-state index >= 15 is 0 Å². The zero-order valence-electron chi connectivity index (χ0n) is 32.7. The minimum absolute atomic E-state index is 0.0955. The van der Waals surface area contributed by atoms with E-state index in [1.807, 2.05) is 0 Å². The number of hydrogen-bond donors (Lipinski definition) is 0. The summed E-state index contributed by atoms with van der Waals surface area (Å²) in [5, 5.41) is 0. The van der Waals surface area contributed by atoms with E-state index in [1.54, 1.807) is 0 Å². The lowest BCUT2D eigenvalue weighted by Gasteiger charge is -2.18. The number of esters is 3. The van der Waals surface area contributed by atoms with Crippen LogP contribution < -0.4 is 0 Å². The molecule has 0 aromatic heterocycles. The molecule has 50 heavy (non-hydrogen) atoms. The third-order valence-corrected chi connectivity index (χ3v) is 8.58. The van der Waals surface area contributed by atoms with Crippen molar-refractivity contribution in [3.63, 3.8) is 0 Å². The van der Waals surface area contributed by atoms with Gasteiger partial charge in [0.25, 0.3) is 0 Å². The van der Waals surface area contributed by atoms with Crippen LogP contribution in [-0.2, 0) is 28.6 Å². The van der Waals surface area contributed by atoms with Crippen molar-refractivity contribution in [2.24, 2.45) is 0 Å². The molecule has 0 heterocycles. The average molecular weight is 701 g/mol. The quantitative estimate of drug-likeness (QED) is 0.0280. The van der Waals surface area contributed by atoms with E-state index in [1.165, 1.54) is 70.6 Å². The molecule has 0 rings (SSSR count). The van der Waals surface area contributed by atoms with Crippen LogP contribution in [0.3, 0.4) is 0 Å². The van der Waals surface area contributed by atoms with E-state index in [9.17, 15) is 14.4 Å². The number of unbranched alkanes of at least 4 members (excludes halogenated alkanes) is 17. The Kier molecular flexibility index (Phi) is 37.1. The predicted molar refractivity (Wildman–Crippen MR) is 210 cm³/mol. The lowest BCUT2D eigenvalue weighted by atomic mass is 10.0. The Morgan fingerprint density at radius 3 is 1.20 bits per heavy atom. The van der Waals surface area contributed by atoms with Crippen molar-refractivity contribution >= 4 is 17.9 Å². The minimum atomic E-state index is -0.795. The van der Waals surface area contributed by atoms with E-state index in [-0.39, 0.29) is 37.5 Å². The minimum Gasteiger partial charge on any atom is -0.462 e. The summed E-state index contributed by atoms with van der Waals surface area (Å²) in [6, 6.07) is 0. The Morgan fingerprint density at radius 1 is 0.420 bits per heavy atom. The summed E-state index contributed by atoms with van der Waals surface area (Å²) in [5.41, 5.74) is 0. The van der Waals surface area contributed by atoms with Gasteiger partial charge in [-0.25, -0.2) is 0 Å². The SMILES string of the molecule is CC/C=C\C/C=C\CCCCC(=O)OCC(COC(=O)CCCCCCCCCCCCCCCC)OC(=O)CCCC/C=C\C/C=C\CC. The largest absolute Gasteiger partial charge is 0.462 e. The van der Waals surface area contributed by atoms with Gasteiger partial charge in [0.15, 0.2) is 6.10 Å². The molecule has 0 N–H and O–H groups in total. The van der Waals surface area contributed by atoms with Gasteiger partial charge >= 0.3 is 17.9 Å². The Bertz CT molecular complexity index is 902. The second-order valence-corrected chi connectivity index (χ2v) is 13.5. The molecule has 6 heteroatoms. The Hall–Kier alpha value is -2.63. The Morgan fingerprint density at radius 2 is 0.780 bits per heavy atom. The van der Waals surface area contributed by atoms with Crippen molar-refractivity contribution in [2.75, 3.05) is 13.2 Å². The Labute approximate surface area is 307 Å². The highest BCUT2D eigenvalue weighted by molar-refractivity contribution is 5.71. The van der Waals surface area contributed by atoms with Gasteiger partial charge in [0, 0.05) is 19.3 Å². The Balaban J connectivity index is 4.38. The molecule has 1 unspecified atom stereocenters. The van der Waals surface area contributed by atoms with Crippen molar-refractivity contribution in [3.05, 3.63) is 48.6 Å². The summed E-state index contributed by atoms with van der Waals surface area (Å²) in [7, 11) is 0. The fourth-order valence-electron chi connectivity index (χ4n) is 5.52. The third-order valence-electron chi connectivity index (χ3n) is 8.58. The third kappa shape index (κ3) is 36.6. The van der Waals surface area contributed by atoms with Crippen LogP contribution in [0.15, 0.2) is 48.6 Å². The maximum absolute atomic E-state index is 12.6. The topological polar surface area (TPSA) is 78.9 Å². The summed E-state index contributed by atoms with van der Waals surface area (Å²) in [6.45, 7) is 6.30. The molecule has 0 radical (unpaired) electrons. The molecule has 0 aliphatic rings. The van der Waals surface area contributed by atoms with E-state index in [2.05, 4.69) is 69.4 Å². The molecular formula is C44H76O6. The highest BCUT2D eigenvalue weighted by Crippen LogP contribution is 2.14. The molecule has 0 spiro atoms. The zero-order valence-corrected chi connectivity index (χ0v) is 32.7. The average Bonchev–Trinajstić information content (AvgIpc) is 3.11. The summed E-state index contributed by atoms with van der Waals surface area (Å²) in [4.78, 5) is 37.4. The molecule has 0 bridgehead atoms. The summed E-state index contributed by atoms with van der Waals surface area (Å²) in [6.07, 6.45) is 44.0. The predicted octanol–water partition coefficient (Wildman–Crippen LogP) is 12.8. The molecule has 0 aliphatic heterocycles. The van der Waals surface area contributed by atoms with Crippen molar-refractivity contribution in [3.8, 4) is 0 Å². The number of carbonyl (C=O) groups excluding carboxylic acids is 3. The highest BCUT2D eigenvalue weighted by Gasteiger charge is 2.19. The molecule has 0 amide bonds. The van der Waals surface area contributed by atoms with Crippen molar-refractivity contribution in [2.45, 2.75) is 200 Å². The van der Waals surface area contributed by atoms with E-state index in [0.29, 0.717) is 19.3 Å². The van der Waals surface area contributed by atoms with Gasteiger partial charge in [-0.15, -0.1) is 0 Å². The van der Waals surface area contributed by atoms with Crippen LogP contribution >= 0.6 is 0 Å². The smallest absolute Gasteiger partial charge is 0.306 e. The summed E-state index contributed by atoms with van der Waals surface area (Å²) >= 11 is 0. The fourth-order valence-corrected chi connectivity index (χ4v) is 5.52. The van der Waals surface area contributed by atoms with Crippen molar-refractivity contribution < 1.29 is 28.6 Å². The molecule has 0 fully saturated rings. The number of ether oxygens (including phenoxy) is 3. The lowest BCUT2D eigenvalue weighted by Crippen LogP contribution is -2.30. The van der Waals surface area contributed by atoms with E-state index in [0.717, 1.165) is 77.0 Å². The van der Waals surface area contributed by atoms with Gasteiger partial charge in [-0.3, -0.25) is 14.4 Å². The molecule has 0 saturated carbocycles. The van der Waals surface area contributed by atoms with Crippen molar-refractivity contribution in [1.29, 1.82) is 0 Å². The van der Waals surface area contributed by atoms with Crippen LogP contribution in [0.1, 0.15) is 194 Å². The summed E-state index contributed by atoms with van der Waals surface area (Å²) < 4.78 is 16.5. The maximum atomic E-state index is 12.6. The van der Waals surface area contributed by atoms with Gasteiger partial charge in [-0.05, 0) is 70.6 Å². The highest BCUT2D eigenvalue weighted by atomic mass is 16.6. The lowest BCUT2D eigenvalue weighted by molar-refractivity contribution is -0.167. The molecule has 0 saturated heterocycles. The van der Waals surface area contributed by atoms with E-state index < -0.39 is 6.10 Å². The van der Waals surface area contributed by atoms with Gasteiger partial charge in [0.05, 0.1) is 0 Å². The van der Waals surface area contributed by atoms with Crippen LogP contribution in [0.4, 0.5) is 0 Å². The van der Waals surface area contributed by atoms with Crippen LogP contribution in [0.5, 0.6) is 0 Å². The second kappa shape index (κ2) is 39.2. The molecule has 6 nitrogen and oxygen atoms in total. The zero-order chi connectivity index (χ0) is 36.6. The molecule has 0 aromatic carbocycles. The number of rotatable bonds is 36.